The summed E-state index contributed by atoms with van der Waals surface area (Å²) in [6, 6.07) is 0. The molecule has 0 heterocycles. The first-order chi connectivity index (χ1) is 6.47. The monoisotopic (exact) mass is 241 g/mol. The van der Waals surface area contributed by atoms with Crippen molar-refractivity contribution in [3.05, 3.63) is 0 Å². The molecule has 0 spiro atoms. The van der Waals surface area contributed by atoms with Crippen LogP contribution in [-0.2, 0) is 25.5 Å². The van der Waals surface area contributed by atoms with Gasteiger partial charge in [-0.3, -0.25) is 0 Å². The van der Waals surface area contributed by atoms with Crippen molar-refractivity contribution in [1.82, 2.24) is 0 Å². The lowest BCUT2D eigenvalue weighted by molar-refractivity contribution is 0.0949. The average molecular weight is 241 g/mol. The third kappa shape index (κ3) is 5.39. The quantitative estimate of drug-likeness (QED) is 0.548. The zero-order valence-electron chi connectivity index (χ0n) is 9.23. The van der Waals surface area contributed by atoms with Crippen LogP contribution in [0.1, 0.15) is 40.5 Å². The summed E-state index contributed by atoms with van der Waals surface area (Å²) in [5, 5.41) is 0. The minimum Gasteiger partial charge on any atom is -0.305 e. The molecule has 14 heavy (non-hydrogen) atoms. The summed E-state index contributed by atoms with van der Waals surface area (Å²) < 4.78 is 15.6. The summed E-state index contributed by atoms with van der Waals surface area (Å²) >= 11 is 5.11. The molecule has 4 nitrogen and oxygen atoms in total. The molecule has 0 aliphatic heterocycles. The molecular weight excluding hydrogens is 221 g/mol. The Morgan fingerprint density at radius 2 is 1.50 bits per heavy atom. The van der Waals surface area contributed by atoms with E-state index < -0.39 is 6.72 Å². The van der Waals surface area contributed by atoms with Crippen LogP contribution in [0.3, 0.4) is 0 Å². The van der Waals surface area contributed by atoms with Gasteiger partial charge in [-0.25, -0.2) is 10.5 Å². The van der Waals surface area contributed by atoms with Gasteiger partial charge in [-0.2, -0.15) is 0 Å². The van der Waals surface area contributed by atoms with Crippen LogP contribution in [0, 0.1) is 0 Å². The molecule has 0 bridgehead atoms. The summed E-state index contributed by atoms with van der Waals surface area (Å²) in [6.45, 7) is 5.11. The van der Waals surface area contributed by atoms with Gasteiger partial charge in [0.15, 0.2) is 0 Å². The molecule has 2 N–H and O–H groups in total. The van der Waals surface area contributed by atoms with Gasteiger partial charge >= 0.3 is 6.72 Å². The molecule has 0 amide bonds. The van der Waals surface area contributed by atoms with Crippen LogP contribution in [0.2, 0.25) is 0 Å². The topological polar surface area (TPSA) is 53.7 Å². The molecule has 0 saturated heterocycles. The molecule has 86 valence electrons. The van der Waals surface area contributed by atoms with Gasteiger partial charge in [-0.05, 0) is 38.5 Å². The molecule has 0 aromatic rings. The molecule has 2 atom stereocenters. The van der Waals surface area contributed by atoms with Crippen LogP contribution in [0.25, 0.3) is 0 Å². The summed E-state index contributed by atoms with van der Waals surface area (Å²) in [7, 11) is 0. The van der Waals surface area contributed by atoms with Crippen LogP contribution < -0.4 is 5.90 Å². The van der Waals surface area contributed by atoms with E-state index >= 15 is 0 Å². The fourth-order valence-corrected chi connectivity index (χ4v) is 2.87. The van der Waals surface area contributed by atoms with Crippen molar-refractivity contribution in [3.8, 4) is 0 Å². The Hall–Kier alpha value is 0.490. The van der Waals surface area contributed by atoms with Crippen molar-refractivity contribution in [2.75, 3.05) is 0 Å². The average Bonchev–Trinajstić information content (AvgIpc) is 2.17. The van der Waals surface area contributed by atoms with Crippen LogP contribution >= 0.6 is 6.72 Å². The number of nitrogens with two attached hydrogens (primary N) is 1. The molecule has 0 saturated carbocycles. The van der Waals surface area contributed by atoms with Gasteiger partial charge in [-0.1, -0.05) is 13.8 Å². The maximum atomic E-state index is 5.47. The van der Waals surface area contributed by atoms with Crippen LogP contribution in [0.4, 0.5) is 0 Å². The zero-order chi connectivity index (χ0) is 11.2. The third-order valence-electron chi connectivity index (χ3n) is 1.90. The van der Waals surface area contributed by atoms with Crippen LogP contribution in [0.5, 0.6) is 0 Å². The highest BCUT2D eigenvalue weighted by atomic mass is 32.5. The number of hydrogen-bond donors (Lipinski definition) is 1. The van der Waals surface area contributed by atoms with E-state index in [1.165, 1.54) is 0 Å². The van der Waals surface area contributed by atoms with Crippen LogP contribution in [-0.4, -0.2) is 12.2 Å². The lowest BCUT2D eigenvalue weighted by atomic mass is 10.3. The van der Waals surface area contributed by atoms with Crippen molar-refractivity contribution in [1.29, 1.82) is 0 Å². The fraction of sp³-hybridized carbons (Fsp3) is 1.00. The highest BCUT2D eigenvalue weighted by molar-refractivity contribution is 8.07. The van der Waals surface area contributed by atoms with Crippen LogP contribution in [0.15, 0.2) is 0 Å². The van der Waals surface area contributed by atoms with Gasteiger partial charge in [0.05, 0.1) is 12.2 Å². The highest BCUT2D eigenvalue weighted by Crippen LogP contribution is 2.50. The molecule has 0 rings (SSSR count). The van der Waals surface area contributed by atoms with Crippen molar-refractivity contribution in [3.63, 3.8) is 0 Å². The first-order valence-electron chi connectivity index (χ1n) is 4.82. The van der Waals surface area contributed by atoms with E-state index in [9.17, 15) is 0 Å². The van der Waals surface area contributed by atoms with Gasteiger partial charge in [-0.15, -0.1) is 0 Å². The highest BCUT2D eigenvalue weighted by Gasteiger charge is 2.24. The molecule has 6 heteroatoms. The normalized spacial score (nSPS) is 20.1. The first kappa shape index (κ1) is 14.5. The summed E-state index contributed by atoms with van der Waals surface area (Å²) in [5.74, 6) is 5.11. The Balaban J connectivity index is 4.25. The second-order valence-electron chi connectivity index (χ2n) is 3.20. The minimum absolute atomic E-state index is 0.00781. The maximum Gasteiger partial charge on any atom is 0.344 e. The molecule has 0 aliphatic rings. The van der Waals surface area contributed by atoms with Gasteiger partial charge < -0.3 is 9.05 Å². The molecule has 0 aromatic carbocycles. The lowest BCUT2D eigenvalue weighted by Crippen LogP contribution is -2.14. The Morgan fingerprint density at radius 3 is 1.71 bits per heavy atom. The molecular formula is C8H20NO3PS. The van der Waals surface area contributed by atoms with Crippen molar-refractivity contribution >= 4 is 18.5 Å². The van der Waals surface area contributed by atoms with E-state index in [4.69, 9.17) is 26.8 Å². The van der Waals surface area contributed by atoms with Gasteiger partial charge in [0.2, 0.25) is 0 Å². The predicted octanol–water partition coefficient (Wildman–Crippen LogP) is 2.73. The Bertz CT molecular complexity index is 187. The van der Waals surface area contributed by atoms with Gasteiger partial charge in [0.25, 0.3) is 0 Å². The standard InChI is InChI=1S/C8H20NO3PS/c1-5-7(3)10-13(14,12-9)11-8(4)6-2/h7-8H,5-6,9H2,1-4H3. The SMILES string of the molecule is CCC(C)OP(=S)(ON)OC(C)CC. The Labute approximate surface area is 91.3 Å². The van der Waals surface area contributed by atoms with Crippen molar-refractivity contribution in [2.24, 2.45) is 5.90 Å². The van der Waals surface area contributed by atoms with E-state index in [-0.39, 0.29) is 12.2 Å². The molecule has 2 unspecified atom stereocenters. The lowest BCUT2D eigenvalue weighted by Gasteiger charge is -2.24. The predicted molar refractivity (Wildman–Crippen MR) is 61.2 cm³/mol. The fourth-order valence-electron chi connectivity index (χ4n) is 0.664. The zero-order valence-corrected chi connectivity index (χ0v) is 10.9. The van der Waals surface area contributed by atoms with Crippen molar-refractivity contribution < 1.29 is 13.7 Å². The molecule has 0 aromatic heterocycles. The number of rotatable bonds is 7. The second-order valence-corrected chi connectivity index (χ2v) is 6.07. The van der Waals surface area contributed by atoms with Gasteiger partial charge in [0.1, 0.15) is 0 Å². The first-order valence-corrected chi connectivity index (χ1v) is 7.38. The van der Waals surface area contributed by atoms with E-state index in [2.05, 4.69) is 4.62 Å². The largest absolute Gasteiger partial charge is 0.344 e. The van der Waals surface area contributed by atoms with E-state index in [1.54, 1.807) is 0 Å². The minimum atomic E-state index is -2.73. The smallest absolute Gasteiger partial charge is 0.305 e. The summed E-state index contributed by atoms with van der Waals surface area (Å²) in [5.41, 5.74) is 0. The summed E-state index contributed by atoms with van der Waals surface area (Å²) in [6.07, 6.45) is 1.72. The summed E-state index contributed by atoms with van der Waals surface area (Å²) in [4.78, 5) is 0. The molecule has 0 radical (unpaired) electrons. The Kier molecular flexibility index (Phi) is 7.12. The van der Waals surface area contributed by atoms with E-state index in [0.717, 1.165) is 12.8 Å². The van der Waals surface area contributed by atoms with Crippen molar-refractivity contribution in [2.45, 2.75) is 52.7 Å². The number of hydrogen-bond acceptors (Lipinski definition) is 5. The Morgan fingerprint density at radius 1 is 1.14 bits per heavy atom. The van der Waals surface area contributed by atoms with E-state index in [0.29, 0.717) is 0 Å². The second kappa shape index (κ2) is 6.88. The maximum absolute atomic E-state index is 5.47. The molecule has 0 aliphatic carbocycles. The third-order valence-corrected chi connectivity index (χ3v) is 4.17. The molecule has 0 fully saturated rings. The van der Waals surface area contributed by atoms with Gasteiger partial charge in [0, 0.05) is 0 Å². The van der Waals surface area contributed by atoms with E-state index in [1.807, 2.05) is 27.7 Å².